The lowest BCUT2D eigenvalue weighted by Gasteiger charge is -2.17. The lowest BCUT2D eigenvalue weighted by atomic mass is 10.1. The highest BCUT2D eigenvalue weighted by molar-refractivity contribution is 5.84. The second kappa shape index (κ2) is 12.0. The van der Waals surface area contributed by atoms with Gasteiger partial charge in [0.05, 0.1) is 17.4 Å². The van der Waals surface area contributed by atoms with Crippen LogP contribution in [0.4, 0.5) is 10.5 Å². The van der Waals surface area contributed by atoms with E-state index in [9.17, 15) is 34.7 Å². The normalized spacial score (nSPS) is 12.3. The smallest absolute Gasteiger partial charge is 0.407 e. The van der Waals surface area contributed by atoms with Gasteiger partial charge >= 0.3 is 12.1 Å². The molecule has 170 valence electrons. The fourth-order valence-electron chi connectivity index (χ4n) is 2.70. The van der Waals surface area contributed by atoms with Crippen LogP contribution < -0.4 is 10.6 Å². The van der Waals surface area contributed by atoms with Gasteiger partial charge in [0.15, 0.2) is 0 Å². The molecule has 2 amide bonds. The topological polar surface area (TPSA) is 168 Å². The number of alkyl carbamates (subject to hydrolysis) is 1. The largest absolute Gasteiger partial charge is 0.480 e. The lowest BCUT2D eigenvalue weighted by Crippen LogP contribution is -2.44. The Balaban J connectivity index is 1.76. The molecule has 2 atom stereocenters. The third-order valence-electron chi connectivity index (χ3n) is 4.34. The molecule has 0 fully saturated rings. The quantitative estimate of drug-likeness (QED) is 0.297. The van der Waals surface area contributed by atoms with Crippen LogP contribution in [0, 0.1) is 10.1 Å². The Hall–Kier alpha value is -3.99. The van der Waals surface area contributed by atoms with Crippen molar-refractivity contribution in [3.8, 4) is 0 Å². The summed E-state index contributed by atoms with van der Waals surface area (Å²) in [7, 11) is 0. The number of aliphatic hydroxyl groups is 1. The van der Waals surface area contributed by atoms with Crippen LogP contribution in [0.25, 0.3) is 0 Å². The number of carbonyl (C=O) groups excluding carboxylic acids is 2. The number of hydrogen-bond acceptors (Lipinski definition) is 7. The van der Waals surface area contributed by atoms with Gasteiger partial charge < -0.3 is 25.6 Å². The first-order valence-electron chi connectivity index (χ1n) is 9.62. The minimum atomic E-state index is -1.30. The summed E-state index contributed by atoms with van der Waals surface area (Å²) in [5, 5.41) is 34.6. The Labute approximate surface area is 183 Å². The van der Waals surface area contributed by atoms with Crippen LogP contribution in [0.2, 0.25) is 0 Å². The zero-order chi connectivity index (χ0) is 23.5. The maximum atomic E-state index is 12.1. The summed E-state index contributed by atoms with van der Waals surface area (Å²) >= 11 is 0. The molecule has 0 aliphatic rings. The number of nitro benzene ring substituents is 1. The first-order chi connectivity index (χ1) is 15.2. The van der Waals surface area contributed by atoms with Gasteiger partial charge in [-0.1, -0.05) is 42.5 Å². The predicted molar refractivity (Wildman–Crippen MR) is 112 cm³/mol. The van der Waals surface area contributed by atoms with E-state index in [2.05, 4.69) is 10.6 Å². The summed E-state index contributed by atoms with van der Waals surface area (Å²) < 4.78 is 4.99. The monoisotopic (exact) mass is 445 g/mol. The van der Waals surface area contributed by atoms with Gasteiger partial charge in [-0.2, -0.15) is 0 Å². The molecule has 0 spiro atoms. The van der Waals surface area contributed by atoms with Gasteiger partial charge in [0, 0.05) is 25.1 Å². The average molecular weight is 445 g/mol. The zero-order valence-corrected chi connectivity index (χ0v) is 17.0. The van der Waals surface area contributed by atoms with E-state index in [1.807, 2.05) is 6.07 Å². The summed E-state index contributed by atoms with van der Waals surface area (Å²) in [6, 6.07) is 13.0. The molecule has 11 heteroatoms. The van der Waals surface area contributed by atoms with Crippen molar-refractivity contribution in [1.29, 1.82) is 0 Å². The molecule has 0 aromatic heterocycles. The number of nitrogens with zero attached hydrogens (tertiary/aromatic N) is 1. The number of nitrogens with one attached hydrogen (secondary N) is 2. The van der Waals surface area contributed by atoms with Crippen LogP contribution in [0.15, 0.2) is 54.6 Å². The van der Waals surface area contributed by atoms with Crippen LogP contribution in [0.5, 0.6) is 0 Å². The Morgan fingerprint density at radius 1 is 1.03 bits per heavy atom. The average Bonchev–Trinajstić information content (AvgIpc) is 2.76. The molecule has 0 unspecified atom stereocenters. The maximum Gasteiger partial charge on any atom is 0.407 e. The number of carbonyl (C=O) groups is 3. The van der Waals surface area contributed by atoms with Gasteiger partial charge in [0.25, 0.3) is 5.69 Å². The molecule has 32 heavy (non-hydrogen) atoms. The molecule has 2 rings (SSSR count). The first-order valence-corrected chi connectivity index (χ1v) is 9.62. The summed E-state index contributed by atoms with van der Waals surface area (Å²) in [6.07, 6.45) is -2.56. The number of non-ortho nitro benzene ring substituents is 1. The highest BCUT2D eigenvalue weighted by Crippen LogP contribution is 2.13. The van der Waals surface area contributed by atoms with Gasteiger partial charge in [0.2, 0.25) is 5.91 Å². The van der Waals surface area contributed by atoms with Crippen molar-refractivity contribution < 1.29 is 34.3 Å². The number of amides is 2. The third-order valence-corrected chi connectivity index (χ3v) is 4.34. The standard InChI is InChI=1S/C21H23N3O8/c25-17(12-22-21(29)32-13-15-4-2-1-3-5-15)11-19(26)23-18(20(27)28)10-14-6-8-16(9-7-14)24(30)31/h1-9,17-18,25H,10-13H2,(H,22,29)(H,23,26)(H,27,28)/t17-,18-/m0/s1. The summed E-state index contributed by atoms with van der Waals surface area (Å²) in [5.41, 5.74) is 1.13. The molecular formula is C21H23N3O8. The predicted octanol–water partition coefficient (Wildman–Crippen LogP) is 1.38. The second-order valence-electron chi connectivity index (χ2n) is 6.89. The summed E-state index contributed by atoms with van der Waals surface area (Å²) in [5.74, 6) is -2.03. The maximum absolute atomic E-state index is 12.1. The van der Waals surface area contributed by atoms with Crippen LogP contribution in [-0.4, -0.2) is 51.8 Å². The number of nitro groups is 1. The van der Waals surface area contributed by atoms with E-state index in [0.29, 0.717) is 5.56 Å². The van der Waals surface area contributed by atoms with Gasteiger partial charge in [0.1, 0.15) is 12.6 Å². The number of rotatable bonds is 11. The number of ether oxygens (including phenoxy) is 1. The van der Waals surface area contributed by atoms with Gasteiger partial charge in [-0.05, 0) is 11.1 Å². The highest BCUT2D eigenvalue weighted by Gasteiger charge is 2.22. The molecule has 0 radical (unpaired) electrons. The molecule has 0 aliphatic heterocycles. The summed E-state index contributed by atoms with van der Waals surface area (Å²) in [4.78, 5) is 45.3. The van der Waals surface area contributed by atoms with E-state index in [4.69, 9.17) is 4.74 Å². The van der Waals surface area contributed by atoms with E-state index in [1.165, 1.54) is 24.3 Å². The number of hydrogen-bond donors (Lipinski definition) is 4. The highest BCUT2D eigenvalue weighted by atomic mass is 16.6. The Bertz CT molecular complexity index is 934. The Morgan fingerprint density at radius 2 is 1.69 bits per heavy atom. The molecule has 11 nitrogen and oxygen atoms in total. The van der Waals surface area contributed by atoms with E-state index >= 15 is 0 Å². The number of benzene rings is 2. The lowest BCUT2D eigenvalue weighted by molar-refractivity contribution is -0.384. The number of carboxylic acid groups (broad SMARTS) is 1. The van der Waals surface area contributed by atoms with Gasteiger partial charge in [-0.3, -0.25) is 14.9 Å². The molecule has 0 aliphatic carbocycles. The Morgan fingerprint density at radius 3 is 2.28 bits per heavy atom. The molecule has 4 N–H and O–H groups in total. The van der Waals surface area contributed by atoms with Crippen molar-refractivity contribution in [3.63, 3.8) is 0 Å². The molecular weight excluding hydrogens is 422 g/mol. The molecule has 2 aromatic carbocycles. The van der Waals surface area contributed by atoms with Crippen molar-refractivity contribution in [1.82, 2.24) is 10.6 Å². The van der Waals surface area contributed by atoms with Crippen molar-refractivity contribution in [2.24, 2.45) is 0 Å². The van der Waals surface area contributed by atoms with Crippen molar-refractivity contribution in [2.75, 3.05) is 6.54 Å². The van der Waals surface area contributed by atoms with Crippen LogP contribution in [0.1, 0.15) is 17.5 Å². The molecule has 2 aromatic rings. The van der Waals surface area contributed by atoms with Crippen LogP contribution in [-0.2, 0) is 27.4 Å². The molecule has 0 saturated carbocycles. The minimum absolute atomic E-state index is 0.0478. The zero-order valence-electron chi connectivity index (χ0n) is 17.0. The first kappa shape index (κ1) is 24.3. The summed E-state index contributed by atoms with van der Waals surface area (Å²) in [6.45, 7) is -0.215. The van der Waals surface area contributed by atoms with Crippen LogP contribution in [0.3, 0.4) is 0 Å². The minimum Gasteiger partial charge on any atom is -0.480 e. The van der Waals surface area contributed by atoms with E-state index < -0.39 is 41.5 Å². The van der Waals surface area contributed by atoms with E-state index in [-0.39, 0.29) is 25.3 Å². The van der Waals surface area contributed by atoms with E-state index in [1.54, 1.807) is 24.3 Å². The molecule has 0 bridgehead atoms. The van der Waals surface area contributed by atoms with Gasteiger partial charge in [-0.15, -0.1) is 0 Å². The van der Waals surface area contributed by atoms with Gasteiger partial charge in [-0.25, -0.2) is 9.59 Å². The molecule has 0 heterocycles. The van der Waals surface area contributed by atoms with Crippen molar-refractivity contribution >= 4 is 23.7 Å². The van der Waals surface area contributed by atoms with Crippen LogP contribution >= 0.6 is 0 Å². The number of aliphatic hydroxyl groups excluding tert-OH is 1. The van der Waals surface area contributed by atoms with Crippen molar-refractivity contribution in [2.45, 2.75) is 31.6 Å². The molecule has 0 saturated heterocycles. The second-order valence-corrected chi connectivity index (χ2v) is 6.89. The Kier molecular flexibility index (Phi) is 9.11. The number of carboxylic acids is 1. The van der Waals surface area contributed by atoms with Crippen molar-refractivity contribution in [3.05, 3.63) is 75.8 Å². The third kappa shape index (κ3) is 8.40. The van der Waals surface area contributed by atoms with E-state index in [0.717, 1.165) is 5.56 Å². The fourth-order valence-corrected chi connectivity index (χ4v) is 2.70. The SMILES string of the molecule is O=C(C[C@H](O)CNC(=O)OCc1ccccc1)N[C@@H](Cc1ccc([N+](=O)[O-])cc1)C(=O)O. The fraction of sp³-hybridized carbons (Fsp3) is 0.286. The number of aliphatic carboxylic acids is 1.